The zero-order valence-electron chi connectivity index (χ0n) is 15.9. The number of ether oxygens (including phenoxy) is 1. The first-order valence-corrected chi connectivity index (χ1v) is 11.0. The van der Waals surface area contributed by atoms with Crippen LogP contribution in [0.3, 0.4) is 0 Å². The number of aryl methyl sites for hydroxylation is 2. The van der Waals surface area contributed by atoms with Gasteiger partial charge in [-0.2, -0.15) is 4.31 Å². The molecule has 0 radical (unpaired) electrons. The maximum Gasteiger partial charge on any atom is 0.251 e. The highest BCUT2D eigenvalue weighted by Crippen LogP contribution is 2.26. The zero-order valence-corrected chi connectivity index (χ0v) is 16.7. The van der Waals surface area contributed by atoms with E-state index in [0.717, 1.165) is 24.8 Å². The quantitative estimate of drug-likeness (QED) is 0.526. The van der Waals surface area contributed by atoms with Crippen LogP contribution in [0.4, 0.5) is 0 Å². The van der Waals surface area contributed by atoms with Crippen LogP contribution >= 0.6 is 0 Å². The van der Waals surface area contributed by atoms with Gasteiger partial charge in [-0.1, -0.05) is 12.1 Å². The topological polar surface area (TPSA) is 66.9 Å². The van der Waals surface area contributed by atoms with E-state index in [4.69, 9.17) is 4.74 Å². The van der Waals surface area contributed by atoms with Crippen LogP contribution in [0.5, 0.6) is 0 Å². The molecular formula is C20H28N2O4S. The molecule has 1 fully saturated rings. The highest BCUT2D eigenvalue weighted by Gasteiger charge is 2.32. The third-order valence-electron chi connectivity index (χ3n) is 5.30. The summed E-state index contributed by atoms with van der Waals surface area (Å²) in [7, 11) is -3.52. The number of amides is 1. The Balaban J connectivity index is 1.59. The van der Waals surface area contributed by atoms with Crippen molar-refractivity contribution in [3.63, 3.8) is 0 Å². The summed E-state index contributed by atoms with van der Waals surface area (Å²) >= 11 is 0. The molecule has 148 valence electrons. The predicted molar refractivity (Wildman–Crippen MR) is 104 cm³/mol. The maximum absolute atomic E-state index is 13.0. The van der Waals surface area contributed by atoms with E-state index >= 15 is 0 Å². The van der Waals surface area contributed by atoms with Crippen molar-refractivity contribution in [2.75, 3.05) is 32.8 Å². The Morgan fingerprint density at radius 3 is 2.63 bits per heavy atom. The van der Waals surface area contributed by atoms with E-state index in [1.54, 1.807) is 24.0 Å². The number of benzene rings is 1. The first kappa shape index (κ1) is 20.0. The van der Waals surface area contributed by atoms with Crippen molar-refractivity contribution in [1.82, 2.24) is 9.21 Å². The second-order valence-corrected chi connectivity index (χ2v) is 9.04. The monoisotopic (exact) mass is 392 g/mol. The van der Waals surface area contributed by atoms with Gasteiger partial charge < -0.3 is 9.64 Å². The molecule has 2 aliphatic rings. The lowest BCUT2D eigenvalue weighted by Gasteiger charge is -2.35. The molecule has 3 rings (SSSR count). The molecule has 1 saturated heterocycles. The number of hydrogen-bond acceptors (Lipinski definition) is 4. The number of piperazine rings is 1. The minimum absolute atomic E-state index is 0.0892. The van der Waals surface area contributed by atoms with Crippen LogP contribution in [-0.4, -0.2) is 62.4 Å². The molecule has 0 saturated carbocycles. The molecule has 1 unspecified atom stereocenters. The molecule has 0 aromatic heterocycles. The largest absolute Gasteiger partial charge is 0.368 e. The van der Waals surface area contributed by atoms with Gasteiger partial charge in [0.15, 0.2) is 0 Å². The van der Waals surface area contributed by atoms with Crippen LogP contribution in [0.25, 0.3) is 0 Å². The summed E-state index contributed by atoms with van der Waals surface area (Å²) in [5, 5.41) is 0. The van der Waals surface area contributed by atoms with Gasteiger partial charge in [0.25, 0.3) is 5.91 Å². The van der Waals surface area contributed by atoms with Gasteiger partial charge in [-0.15, -0.1) is 6.58 Å². The Kier molecular flexibility index (Phi) is 6.34. The number of sulfonamides is 1. The number of hydrogen-bond donors (Lipinski definition) is 0. The van der Waals surface area contributed by atoms with Crippen molar-refractivity contribution in [2.45, 2.75) is 43.6 Å². The molecule has 1 atom stereocenters. The molecule has 0 bridgehead atoms. The second kappa shape index (κ2) is 8.54. The van der Waals surface area contributed by atoms with Crippen LogP contribution in [0.1, 0.15) is 30.9 Å². The molecule has 6 nitrogen and oxygen atoms in total. The molecule has 1 aromatic carbocycles. The number of fused-ring (bicyclic) bond motifs is 1. The van der Waals surface area contributed by atoms with E-state index in [2.05, 4.69) is 6.58 Å². The summed E-state index contributed by atoms with van der Waals surface area (Å²) in [6, 6.07) is 5.48. The van der Waals surface area contributed by atoms with E-state index in [1.165, 1.54) is 9.87 Å². The van der Waals surface area contributed by atoms with Crippen LogP contribution < -0.4 is 0 Å². The highest BCUT2D eigenvalue weighted by molar-refractivity contribution is 7.89. The Labute approximate surface area is 161 Å². The van der Waals surface area contributed by atoms with Crippen molar-refractivity contribution in [3.05, 3.63) is 42.0 Å². The molecule has 1 aromatic rings. The highest BCUT2D eigenvalue weighted by atomic mass is 32.2. The third-order valence-corrected chi connectivity index (χ3v) is 7.19. The average Bonchev–Trinajstić information content (AvgIpc) is 3.15. The Bertz CT molecular complexity index is 798. The Morgan fingerprint density at radius 1 is 1.22 bits per heavy atom. The fraction of sp³-hybridized carbons (Fsp3) is 0.550. The van der Waals surface area contributed by atoms with Crippen LogP contribution in [0.15, 0.2) is 35.7 Å². The van der Waals surface area contributed by atoms with Gasteiger partial charge in [0.1, 0.15) is 6.10 Å². The first-order valence-electron chi connectivity index (χ1n) is 9.56. The van der Waals surface area contributed by atoms with E-state index in [-0.39, 0.29) is 5.91 Å². The van der Waals surface area contributed by atoms with Gasteiger partial charge in [0.2, 0.25) is 10.0 Å². The lowest BCUT2D eigenvalue weighted by Crippen LogP contribution is -2.52. The fourth-order valence-electron chi connectivity index (χ4n) is 3.66. The molecular weight excluding hydrogens is 364 g/mol. The van der Waals surface area contributed by atoms with Gasteiger partial charge in [0.05, 0.1) is 11.5 Å². The van der Waals surface area contributed by atoms with Crippen molar-refractivity contribution in [1.29, 1.82) is 0 Å². The number of carbonyl (C=O) groups is 1. The normalized spacial score (nSPS) is 18.9. The van der Waals surface area contributed by atoms with E-state index in [1.807, 2.05) is 12.1 Å². The van der Waals surface area contributed by atoms with Crippen molar-refractivity contribution >= 4 is 15.9 Å². The van der Waals surface area contributed by atoms with Crippen LogP contribution in [0.2, 0.25) is 0 Å². The standard InChI is InChI=1S/C20H28N2O4S/c1-3-4-14-26-16(2)20(23)21-10-12-22(13-11-21)27(24,25)19-9-8-17-6-5-7-18(17)15-19/h3,8-9,15-16H,1,4-7,10-14H2,2H3. The summed E-state index contributed by atoms with van der Waals surface area (Å²) in [6.45, 7) is 7.22. The molecule has 1 aliphatic heterocycles. The number of carbonyl (C=O) groups excluding carboxylic acids is 1. The molecule has 0 spiro atoms. The van der Waals surface area contributed by atoms with E-state index in [0.29, 0.717) is 44.1 Å². The summed E-state index contributed by atoms with van der Waals surface area (Å²) < 4.78 is 32.9. The minimum atomic E-state index is -3.52. The van der Waals surface area contributed by atoms with Gasteiger partial charge in [-0.25, -0.2) is 8.42 Å². The smallest absolute Gasteiger partial charge is 0.251 e. The lowest BCUT2D eigenvalue weighted by atomic mass is 10.1. The van der Waals surface area contributed by atoms with Crippen molar-refractivity contribution in [3.8, 4) is 0 Å². The summed E-state index contributed by atoms with van der Waals surface area (Å²) in [4.78, 5) is 14.5. The zero-order chi connectivity index (χ0) is 19.4. The summed E-state index contributed by atoms with van der Waals surface area (Å²) in [5.41, 5.74) is 2.41. The molecule has 1 heterocycles. The third kappa shape index (κ3) is 4.42. The first-order chi connectivity index (χ1) is 12.9. The molecule has 27 heavy (non-hydrogen) atoms. The predicted octanol–water partition coefficient (Wildman–Crippen LogP) is 1.99. The maximum atomic E-state index is 13.0. The van der Waals surface area contributed by atoms with E-state index < -0.39 is 16.1 Å². The SMILES string of the molecule is C=CCCOC(C)C(=O)N1CCN(S(=O)(=O)c2ccc3c(c2)CCC3)CC1. The van der Waals surface area contributed by atoms with Gasteiger partial charge in [0, 0.05) is 26.2 Å². The van der Waals surface area contributed by atoms with Crippen LogP contribution in [0, 0.1) is 0 Å². The van der Waals surface area contributed by atoms with Gasteiger partial charge in [-0.05, 0) is 55.9 Å². The minimum Gasteiger partial charge on any atom is -0.368 e. The number of rotatable bonds is 7. The molecule has 1 amide bonds. The van der Waals surface area contributed by atoms with Crippen molar-refractivity contribution in [2.24, 2.45) is 0 Å². The Morgan fingerprint density at radius 2 is 1.93 bits per heavy atom. The summed E-state index contributed by atoms with van der Waals surface area (Å²) in [6.07, 6.45) is 5.00. The molecule has 0 N–H and O–H groups in total. The van der Waals surface area contributed by atoms with Gasteiger partial charge in [-0.3, -0.25) is 4.79 Å². The molecule has 7 heteroatoms. The fourth-order valence-corrected chi connectivity index (χ4v) is 5.14. The van der Waals surface area contributed by atoms with E-state index in [9.17, 15) is 13.2 Å². The second-order valence-electron chi connectivity index (χ2n) is 7.10. The van der Waals surface area contributed by atoms with Gasteiger partial charge >= 0.3 is 0 Å². The molecule has 1 aliphatic carbocycles. The van der Waals surface area contributed by atoms with Crippen LogP contribution in [-0.2, 0) is 32.4 Å². The summed E-state index contributed by atoms with van der Waals surface area (Å²) in [5.74, 6) is -0.0892. The lowest BCUT2D eigenvalue weighted by molar-refractivity contribution is -0.143. The Hall–Kier alpha value is -1.70. The average molecular weight is 393 g/mol. The van der Waals surface area contributed by atoms with Crippen molar-refractivity contribution < 1.29 is 17.9 Å². The number of nitrogens with zero attached hydrogens (tertiary/aromatic N) is 2.